The molecule has 18 heavy (non-hydrogen) atoms. The zero-order chi connectivity index (χ0) is 14.1. The number of carbonyl (C=O) groups is 1. The molecule has 0 radical (unpaired) electrons. The van der Waals surface area contributed by atoms with Gasteiger partial charge in [0.2, 0.25) is 0 Å². The number of benzene rings is 1. The van der Waals surface area contributed by atoms with Gasteiger partial charge in [-0.1, -0.05) is 0 Å². The van der Waals surface area contributed by atoms with E-state index in [1.54, 1.807) is 0 Å². The highest BCUT2D eigenvalue weighted by Crippen LogP contribution is 2.37. The van der Waals surface area contributed by atoms with Crippen LogP contribution in [0.2, 0.25) is 0 Å². The summed E-state index contributed by atoms with van der Waals surface area (Å²) in [6, 6.07) is 0.886. The van der Waals surface area contributed by atoms with Crippen LogP contribution in [-0.4, -0.2) is 16.6 Å². The number of hydrogen-bond acceptors (Lipinski definition) is 3. The Morgan fingerprint density at radius 3 is 2.39 bits per heavy atom. The van der Waals surface area contributed by atoms with Gasteiger partial charge >= 0.3 is 6.18 Å². The number of nitro groups is 1. The number of rotatable bonds is 3. The minimum atomic E-state index is -4.78. The number of alkyl halides is 4. The van der Waals surface area contributed by atoms with Crippen LogP contribution in [0, 0.1) is 10.1 Å². The normalized spacial score (nSPS) is 11.4. The lowest BCUT2D eigenvalue weighted by Crippen LogP contribution is -2.10. The summed E-state index contributed by atoms with van der Waals surface area (Å²) in [6.07, 6.45) is -4.78. The van der Waals surface area contributed by atoms with Crippen molar-refractivity contribution in [3.63, 3.8) is 0 Å². The maximum Gasteiger partial charge on any atom is 0.416 e. The zero-order valence-electron chi connectivity index (χ0n) is 8.42. The van der Waals surface area contributed by atoms with Gasteiger partial charge in [-0.3, -0.25) is 14.9 Å². The molecule has 1 aromatic carbocycles. The lowest BCUT2D eigenvalue weighted by Gasteiger charge is -2.10. The Balaban J connectivity index is 3.57. The Morgan fingerprint density at radius 1 is 1.44 bits per heavy atom. The van der Waals surface area contributed by atoms with Gasteiger partial charge in [0.1, 0.15) is 4.47 Å². The van der Waals surface area contributed by atoms with E-state index in [2.05, 4.69) is 15.9 Å². The van der Waals surface area contributed by atoms with E-state index in [4.69, 9.17) is 11.6 Å². The van der Waals surface area contributed by atoms with Crippen molar-refractivity contribution in [3.8, 4) is 0 Å². The smallest absolute Gasteiger partial charge is 0.293 e. The molecule has 0 heterocycles. The summed E-state index contributed by atoms with van der Waals surface area (Å²) >= 11 is 7.97. The van der Waals surface area contributed by atoms with Crippen molar-refractivity contribution in [1.82, 2.24) is 0 Å². The molecule has 0 aromatic heterocycles. The van der Waals surface area contributed by atoms with E-state index < -0.39 is 39.6 Å². The van der Waals surface area contributed by atoms with Crippen LogP contribution in [0.5, 0.6) is 0 Å². The van der Waals surface area contributed by atoms with E-state index in [1.807, 2.05) is 0 Å². The topological polar surface area (TPSA) is 60.2 Å². The molecule has 4 nitrogen and oxygen atoms in total. The van der Waals surface area contributed by atoms with Crippen LogP contribution in [-0.2, 0) is 6.18 Å². The molecule has 0 aliphatic rings. The average molecular weight is 346 g/mol. The third-order valence-electron chi connectivity index (χ3n) is 2.00. The first-order valence-corrected chi connectivity index (χ1v) is 5.65. The molecule has 98 valence electrons. The molecule has 0 saturated carbocycles. The van der Waals surface area contributed by atoms with Gasteiger partial charge in [0.05, 0.1) is 16.4 Å². The fraction of sp³-hybridized carbons (Fsp3) is 0.222. The van der Waals surface area contributed by atoms with Crippen molar-refractivity contribution in [2.45, 2.75) is 6.18 Å². The van der Waals surface area contributed by atoms with Crippen molar-refractivity contribution >= 4 is 39.0 Å². The number of carbonyl (C=O) groups excluding carboxylic acids is 1. The Kier molecular flexibility index (Phi) is 4.33. The highest BCUT2D eigenvalue weighted by molar-refractivity contribution is 9.10. The monoisotopic (exact) mass is 345 g/mol. The molecule has 1 aromatic rings. The second-order valence-corrected chi connectivity index (χ2v) is 4.23. The Morgan fingerprint density at radius 2 is 2.00 bits per heavy atom. The van der Waals surface area contributed by atoms with E-state index in [0.717, 1.165) is 0 Å². The average Bonchev–Trinajstić information content (AvgIpc) is 2.26. The second-order valence-electron chi connectivity index (χ2n) is 3.17. The third-order valence-corrected chi connectivity index (χ3v) is 3.08. The second kappa shape index (κ2) is 5.23. The molecule has 1 rings (SSSR count). The van der Waals surface area contributed by atoms with Crippen molar-refractivity contribution in [2.75, 3.05) is 5.88 Å². The van der Waals surface area contributed by atoms with Crippen LogP contribution < -0.4 is 0 Å². The number of nitro benzene ring substituents is 1. The maximum atomic E-state index is 12.5. The quantitative estimate of drug-likeness (QED) is 0.362. The SMILES string of the molecule is O=C(CCl)c1cc(C(F)(F)F)cc([N+](=O)[O-])c1Br. The molecule has 0 atom stereocenters. The molecule has 0 unspecified atom stereocenters. The van der Waals surface area contributed by atoms with Crippen molar-refractivity contribution in [3.05, 3.63) is 37.8 Å². The van der Waals surface area contributed by atoms with Crippen LogP contribution >= 0.6 is 27.5 Å². The molecule has 0 spiro atoms. The summed E-state index contributed by atoms with van der Waals surface area (Å²) in [6.45, 7) is 0. The number of Topliss-reactive ketones (excluding diaryl/α,β-unsaturated/α-hetero) is 1. The largest absolute Gasteiger partial charge is 0.416 e. The highest BCUT2D eigenvalue weighted by atomic mass is 79.9. The summed E-state index contributed by atoms with van der Waals surface area (Å²) in [7, 11) is 0. The number of ketones is 1. The first-order chi connectivity index (χ1) is 8.18. The summed E-state index contributed by atoms with van der Waals surface area (Å²) < 4.78 is 37.3. The predicted octanol–water partition coefficient (Wildman–Crippen LogP) is 3.80. The third kappa shape index (κ3) is 2.99. The molecular weight excluding hydrogens is 342 g/mol. The van der Waals surface area contributed by atoms with E-state index in [-0.39, 0.29) is 4.47 Å². The summed E-state index contributed by atoms with van der Waals surface area (Å²) in [5.41, 5.74) is -2.57. The van der Waals surface area contributed by atoms with Gasteiger partial charge in [-0.05, 0) is 22.0 Å². The van der Waals surface area contributed by atoms with E-state index in [9.17, 15) is 28.1 Å². The van der Waals surface area contributed by atoms with Crippen LogP contribution in [0.4, 0.5) is 18.9 Å². The maximum absolute atomic E-state index is 12.5. The molecule has 0 saturated heterocycles. The molecule has 0 N–H and O–H groups in total. The Bertz CT molecular complexity index is 519. The number of halogens is 5. The van der Waals surface area contributed by atoms with Gasteiger partial charge in [0.25, 0.3) is 5.69 Å². The van der Waals surface area contributed by atoms with Gasteiger partial charge in [-0.15, -0.1) is 11.6 Å². The summed E-state index contributed by atoms with van der Waals surface area (Å²) in [5.74, 6) is -1.41. The standard InChI is InChI=1S/C9H4BrClF3NO3/c10-8-5(7(16)3-11)1-4(9(12,13)14)2-6(8)15(17)18/h1-2H,3H2. The number of hydrogen-bond donors (Lipinski definition) is 0. The predicted molar refractivity (Wildman–Crippen MR) is 60.8 cm³/mol. The zero-order valence-corrected chi connectivity index (χ0v) is 10.8. The van der Waals surface area contributed by atoms with Gasteiger partial charge in [0, 0.05) is 11.6 Å². The van der Waals surface area contributed by atoms with E-state index in [0.29, 0.717) is 12.1 Å². The Labute approximate surface area is 112 Å². The summed E-state index contributed by atoms with van der Waals surface area (Å²) in [4.78, 5) is 21.0. The minimum Gasteiger partial charge on any atom is -0.293 e. The van der Waals surface area contributed by atoms with Gasteiger partial charge in [-0.2, -0.15) is 13.2 Å². The summed E-state index contributed by atoms with van der Waals surface area (Å²) in [5, 5.41) is 10.6. The van der Waals surface area contributed by atoms with Gasteiger partial charge < -0.3 is 0 Å². The van der Waals surface area contributed by atoms with E-state index in [1.165, 1.54) is 0 Å². The van der Waals surface area contributed by atoms with Crippen LogP contribution in [0.1, 0.15) is 15.9 Å². The van der Waals surface area contributed by atoms with Crippen molar-refractivity contribution in [1.29, 1.82) is 0 Å². The highest BCUT2D eigenvalue weighted by Gasteiger charge is 2.35. The van der Waals surface area contributed by atoms with Crippen LogP contribution in [0.25, 0.3) is 0 Å². The molecule has 0 fully saturated rings. The number of nitrogens with zero attached hydrogens (tertiary/aromatic N) is 1. The van der Waals surface area contributed by atoms with Gasteiger partial charge in [-0.25, -0.2) is 0 Å². The van der Waals surface area contributed by atoms with Crippen LogP contribution in [0.3, 0.4) is 0 Å². The lowest BCUT2D eigenvalue weighted by atomic mass is 10.1. The Hall–Kier alpha value is -1.15. The molecule has 9 heteroatoms. The molecular formula is C9H4BrClF3NO3. The first kappa shape index (κ1) is 14.9. The lowest BCUT2D eigenvalue weighted by molar-refractivity contribution is -0.385. The fourth-order valence-corrected chi connectivity index (χ4v) is 1.92. The molecule has 0 aliphatic heterocycles. The first-order valence-electron chi connectivity index (χ1n) is 4.32. The van der Waals surface area contributed by atoms with Crippen molar-refractivity contribution in [2.24, 2.45) is 0 Å². The molecule has 0 amide bonds. The minimum absolute atomic E-state index is 0.314. The van der Waals surface area contributed by atoms with Crippen LogP contribution in [0.15, 0.2) is 16.6 Å². The molecule has 0 bridgehead atoms. The van der Waals surface area contributed by atoms with Gasteiger partial charge in [0.15, 0.2) is 5.78 Å². The van der Waals surface area contributed by atoms with E-state index >= 15 is 0 Å². The fourth-order valence-electron chi connectivity index (χ4n) is 1.18. The molecule has 0 aliphatic carbocycles. The van der Waals surface area contributed by atoms with Crippen molar-refractivity contribution < 1.29 is 22.9 Å².